The van der Waals surface area contributed by atoms with Crippen molar-refractivity contribution in [1.29, 1.82) is 0 Å². The Morgan fingerprint density at radius 1 is 1.14 bits per heavy atom. The number of benzene rings is 1. The highest BCUT2D eigenvalue weighted by molar-refractivity contribution is 5.70. The van der Waals surface area contributed by atoms with Crippen molar-refractivity contribution in [2.24, 2.45) is 5.92 Å². The summed E-state index contributed by atoms with van der Waals surface area (Å²) < 4.78 is 5.49. The Hall–Kier alpha value is -2.89. The van der Waals surface area contributed by atoms with Crippen LogP contribution < -0.4 is 4.90 Å². The lowest BCUT2D eigenvalue weighted by molar-refractivity contribution is 0.0291. The van der Waals surface area contributed by atoms with E-state index >= 15 is 0 Å². The van der Waals surface area contributed by atoms with E-state index < -0.39 is 5.60 Å². The fraction of sp³-hybridized carbons (Fsp3) is 0.409. The summed E-state index contributed by atoms with van der Waals surface area (Å²) in [7, 11) is 0. The van der Waals surface area contributed by atoms with Gasteiger partial charge in [0.1, 0.15) is 5.60 Å². The van der Waals surface area contributed by atoms with Gasteiger partial charge in [-0.05, 0) is 51.5 Å². The minimum absolute atomic E-state index is 0.239. The zero-order chi connectivity index (χ0) is 19.9. The summed E-state index contributed by atoms with van der Waals surface area (Å²) in [6.07, 6.45) is 1.86. The second-order valence-corrected chi connectivity index (χ2v) is 8.56. The maximum Gasteiger partial charge on any atom is 0.410 e. The van der Waals surface area contributed by atoms with Crippen LogP contribution in [0.3, 0.4) is 0 Å². The smallest absolute Gasteiger partial charge is 0.410 e. The minimum atomic E-state index is -0.468. The molecule has 28 heavy (non-hydrogen) atoms. The first-order chi connectivity index (χ1) is 13.3. The SMILES string of the molecule is Cc1cccc(-c2ccc(N3C=C4CN(C(=O)OC(C)(C)C)CC4C3)nn2)c1. The van der Waals surface area contributed by atoms with Gasteiger partial charge < -0.3 is 14.5 Å². The second-order valence-electron chi connectivity index (χ2n) is 8.56. The molecule has 2 aromatic rings. The quantitative estimate of drug-likeness (QED) is 0.790. The summed E-state index contributed by atoms with van der Waals surface area (Å²) in [5, 5.41) is 8.83. The van der Waals surface area contributed by atoms with Crippen LogP contribution in [-0.2, 0) is 4.74 Å². The molecule has 0 bridgehead atoms. The number of hydrogen-bond acceptors (Lipinski definition) is 5. The van der Waals surface area contributed by atoms with E-state index in [1.807, 2.05) is 45.0 Å². The van der Waals surface area contributed by atoms with Gasteiger partial charge in [0.05, 0.1) is 5.69 Å². The molecule has 1 aromatic carbocycles. The van der Waals surface area contributed by atoms with Gasteiger partial charge in [-0.2, -0.15) is 0 Å². The largest absolute Gasteiger partial charge is 0.444 e. The number of aromatic nitrogens is 2. The van der Waals surface area contributed by atoms with Gasteiger partial charge in [-0.3, -0.25) is 0 Å². The third kappa shape index (κ3) is 3.86. The van der Waals surface area contributed by atoms with Crippen LogP contribution >= 0.6 is 0 Å². The van der Waals surface area contributed by atoms with Crippen LogP contribution in [0.1, 0.15) is 26.3 Å². The normalized spacial score (nSPS) is 18.9. The molecule has 1 aromatic heterocycles. The molecule has 0 N–H and O–H groups in total. The summed E-state index contributed by atoms with van der Waals surface area (Å²) in [6.45, 7) is 9.86. The molecular formula is C22H26N4O2. The molecule has 6 nitrogen and oxygen atoms in total. The van der Waals surface area contributed by atoms with Crippen LogP contribution in [0.4, 0.5) is 10.6 Å². The lowest BCUT2D eigenvalue weighted by Gasteiger charge is -2.25. The maximum atomic E-state index is 12.3. The van der Waals surface area contributed by atoms with Crippen molar-refractivity contribution in [3.63, 3.8) is 0 Å². The summed E-state index contributed by atoms with van der Waals surface area (Å²) in [6, 6.07) is 12.3. The Balaban J connectivity index is 1.43. The van der Waals surface area contributed by atoms with E-state index in [4.69, 9.17) is 4.74 Å². The van der Waals surface area contributed by atoms with Crippen molar-refractivity contribution >= 4 is 11.9 Å². The zero-order valence-corrected chi connectivity index (χ0v) is 16.8. The second kappa shape index (κ2) is 6.93. The first-order valence-corrected chi connectivity index (χ1v) is 9.64. The molecule has 0 spiro atoms. The number of aryl methyl sites for hydroxylation is 1. The Kier molecular flexibility index (Phi) is 4.57. The number of carbonyl (C=O) groups is 1. The van der Waals surface area contributed by atoms with Crippen molar-refractivity contribution in [2.75, 3.05) is 24.5 Å². The molecule has 0 saturated carbocycles. The summed E-state index contributed by atoms with van der Waals surface area (Å²) in [5.74, 6) is 1.16. The number of hydrogen-bond donors (Lipinski definition) is 0. The van der Waals surface area contributed by atoms with Crippen LogP contribution in [0, 0.1) is 12.8 Å². The van der Waals surface area contributed by atoms with Crippen LogP contribution in [-0.4, -0.2) is 46.4 Å². The van der Waals surface area contributed by atoms with E-state index in [9.17, 15) is 4.79 Å². The molecule has 2 aliphatic heterocycles. The highest BCUT2D eigenvalue weighted by atomic mass is 16.6. The Morgan fingerprint density at radius 2 is 1.96 bits per heavy atom. The van der Waals surface area contributed by atoms with Gasteiger partial charge in [-0.1, -0.05) is 23.8 Å². The number of likely N-dealkylation sites (tertiary alicyclic amines) is 1. The van der Waals surface area contributed by atoms with Crippen LogP contribution in [0.15, 0.2) is 48.2 Å². The average Bonchev–Trinajstić information content (AvgIpc) is 3.19. The van der Waals surface area contributed by atoms with E-state index in [-0.39, 0.29) is 6.09 Å². The highest BCUT2D eigenvalue weighted by Crippen LogP contribution is 2.32. The molecule has 4 rings (SSSR count). The number of nitrogens with zero attached hydrogens (tertiary/aromatic N) is 4. The number of amides is 1. The average molecular weight is 378 g/mol. The monoisotopic (exact) mass is 378 g/mol. The predicted octanol–water partition coefficient (Wildman–Crippen LogP) is 4.02. The predicted molar refractivity (Wildman–Crippen MR) is 109 cm³/mol. The van der Waals surface area contributed by atoms with Gasteiger partial charge in [-0.15, -0.1) is 10.2 Å². The van der Waals surface area contributed by atoms with Crippen LogP contribution in [0.2, 0.25) is 0 Å². The molecule has 1 atom stereocenters. The van der Waals surface area contributed by atoms with E-state index in [0.29, 0.717) is 19.0 Å². The molecule has 1 saturated heterocycles. The summed E-state index contributed by atoms with van der Waals surface area (Å²) in [4.78, 5) is 16.2. The van der Waals surface area contributed by atoms with Crippen molar-refractivity contribution < 1.29 is 9.53 Å². The van der Waals surface area contributed by atoms with Crippen molar-refractivity contribution in [1.82, 2.24) is 15.1 Å². The zero-order valence-electron chi connectivity index (χ0n) is 16.8. The Morgan fingerprint density at radius 3 is 2.61 bits per heavy atom. The highest BCUT2D eigenvalue weighted by Gasteiger charge is 2.37. The van der Waals surface area contributed by atoms with E-state index in [2.05, 4.69) is 40.4 Å². The Bertz CT molecular complexity index is 915. The van der Waals surface area contributed by atoms with Crippen LogP contribution in [0.5, 0.6) is 0 Å². The topological polar surface area (TPSA) is 58.6 Å². The third-order valence-electron chi connectivity index (χ3n) is 4.99. The molecule has 1 unspecified atom stereocenters. The third-order valence-corrected chi connectivity index (χ3v) is 4.99. The van der Waals surface area contributed by atoms with E-state index in [0.717, 1.165) is 23.6 Å². The first kappa shape index (κ1) is 18.5. The Labute approximate surface area is 165 Å². The molecule has 3 heterocycles. The molecule has 146 valence electrons. The van der Waals surface area contributed by atoms with Gasteiger partial charge in [0.2, 0.25) is 0 Å². The molecule has 2 aliphatic rings. The van der Waals surface area contributed by atoms with Gasteiger partial charge in [-0.25, -0.2) is 4.79 Å². The van der Waals surface area contributed by atoms with E-state index in [1.54, 1.807) is 4.90 Å². The summed E-state index contributed by atoms with van der Waals surface area (Å²) in [5.41, 5.74) is 3.92. The molecule has 1 amide bonds. The molecule has 0 aliphatic carbocycles. The van der Waals surface area contributed by atoms with Gasteiger partial charge in [0.15, 0.2) is 5.82 Å². The maximum absolute atomic E-state index is 12.3. The van der Waals surface area contributed by atoms with Crippen molar-refractivity contribution in [3.05, 3.63) is 53.7 Å². The number of anilines is 1. The van der Waals surface area contributed by atoms with Crippen molar-refractivity contribution in [2.45, 2.75) is 33.3 Å². The standard InChI is InChI=1S/C22H26N4O2/c1-15-6-5-7-16(10-15)19-8-9-20(24-23-19)25-11-17-13-26(14-18(17)12-25)21(27)28-22(2,3)4/h5-11,18H,12-14H2,1-4H3. The minimum Gasteiger partial charge on any atom is -0.444 e. The van der Waals surface area contributed by atoms with Crippen LogP contribution in [0.25, 0.3) is 11.3 Å². The molecule has 0 radical (unpaired) electrons. The first-order valence-electron chi connectivity index (χ1n) is 9.64. The number of ether oxygens (including phenoxy) is 1. The molecule has 1 fully saturated rings. The van der Waals surface area contributed by atoms with Gasteiger partial charge in [0, 0.05) is 37.3 Å². The van der Waals surface area contributed by atoms with Crippen molar-refractivity contribution in [3.8, 4) is 11.3 Å². The fourth-order valence-electron chi connectivity index (χ4n) is 3.67. The van der Waals surface area contributed by atoms with E-state index in [1.165, 1.54) is 11.1 Å². The number of fused-ring (bicyclic) bond motifs is 1. The molecular weight excluding hydrogens is 352 g/mol. The lowest BCUT2D eigenvalue weighted by atomic mass is 10.1. The van der Waals surface area contributed by atoms with Gasteiger partial charge >= 0.3 is 6.09 Å². The van der Waals surface area contributed by atoms with Gasteiger partial charge in [0.25, 0.3) is 0 Å². The molecule has 6 heteroatoms. The fourth-order valence-corrected chi connectivity index (χ4v) is 3.67. The number of carbonyl (C=O) groups excluding carboxylic acids is 1. The summed E-state index contributed by atoms with van der Waals surface area (Å²) >= 11 is 0. The lowest BCUT2D eigenvalue weighted by Crippen LogP contribution is -2.36. The number of rotatable bonds is 2.